The minimum atomic E-state index is -1.07. The van der Waals surface area contributed by atoms with Crippen molar-refractivity contribution in [2.24, 2.45) is 0 Å². The lowest BCUT2D eigenvalue weighted by molar-refractivity contribution is -0.156. The Morgan fingerprint density at radius 2 is 2.04 bits per heavy atom. The Labute approximate surface area is 139 Å². The second-order valence-corrected chi connectivity index (χ2v) is 6.34. The minimum Gasteiger partial charge on any atom is -0.481 e. The number of rotatable bonds is 5. The van der Waals surface area contributed by atoms with Crippen LogP contribution in [-0.4, -0.2) is 53.3 Å². The van der Waals surface area contributed by atoms with E-state index in [1.54, 1.807) is 43.0 Å². The molecule has 0 radical (unpaired) electrons. The first kappa shape index (κ1) is 17.6. The van der Waals surface area contributed by atoms with Crippen molar-refractivity contribution in [3.05, 3.63) is 29.3 Å². The van der Waals surface area contributed by atoms with E-state index in [0.717, 1.165) is 0 Å². The fraction of sp³-hybridized carbons (Fsp3) is 0.500. The average molecular weight is 342 g/mol. The van der Waals surface area contributed by atoms with Crippen LogP contribution in [0.25, 0.3) is 0 Å². The maximum Gasteiger partial charge on any atom is 0.306 e. The number of carboxylic acids is 1. The van der Waals surface area contributed by atoms with Crippen molar-refractivity contribution in [1.29, 1.82) is 0 Å². The summed E-state index contributed by atoms with van der Waals surface area (Å²) in [6.45, 7) is 4.36. The molecule has 1 unspecified atom stereocenters. The van der Waals surface area contributed by atoms with Gasteiger partial charge in [-0.1, -0.05) is 11.6 Å². The molecule has 0 aromatic heterocycles. The highest BCUT2D eigenvalue weighted by atomic mass is 35.5. The summed E-state index contributed by atoms with van der Waals surface area (Å²) >= 11 is 5.83. The van der Waals surface area contributed by atoms with Gasteiger partial charge in [0.15, 0.2) is 5.60 Å². The van der Waals surface area contributed by atoms with Gasteiger partial charge in [-0.2, -0.15) is 0 Å². The number of carboxylic acid groups (broad SMARTS) is 1. The standard InChI is InChI=1S/C16H20ClNO5/c1-16(2,23-12-5-3-11(17)4-6-12)15(21)18-7-8-22-13(10-18)9-14(19)20/h3-6,13H,7-10H2,1-2H3,(H,19,20). The first-order valence-electron chi connectivity index (χ1n) is 7.35. The topological polar surface area (TPSA) is 76.1 Å². The van der Waals surface area contributed by atoms with Gasteiger partial charge in [0, 0.05) is 18.1 Å². The van der Waals surface area contributed by atoms with E-state index in [2.05, 4.69) is 0 Å². The summed E-state index contributed by atoms with van der Waals surface area (Å²) in [5, 5.41) is 9.44. The fourth-order valence-corrected chi connectivity index (χ4v) is 2.57. The van der Waals surface area contributed by atoms with Gasteiger partial charge < -0.3 is 19.5 Å². The maximum absolute atomic E-state index is 12.7. The molecule has 6 nitrogen and oxygen atoms in total. The number of carbonyl (C=O) groups excluding carboxylic acids is 1. The van der Waals surface area contributed by atoms with Crippen molar-refractivity contribution >= 4 is 23.5 Å². The molecule has 7 heteroatoms. The van der Waals surface area contributed by atoms with Crippen molar-refractivity contribution in [3.8, 4) is 5.75 Å². The minimum absolute atomic E-state index is 0.123. The molecule has 1 atom stereocenters. The van der Waals surface area contributed by atoms with E-state index in [1.165, 1.54) is 0 Å². The monoisotopic (exact) mass is 341 g/mol. The number of halogens is 1. The molecule has 1 aromatic carbocycles. The van der Waals surface area contributed by atoms with Crippen molar-refractivity contribution in [2.75, 3.05) is 19.7 Å². The molecule has 0 aliphatic carbocycles. The van der Waals surface area contributed by atoms with Crippen LogP contribution in [0.1, 0.15) is 20.3 Å². The van der Waals surface area contributed by atoms with Crippen molar-refractivity contribution in [1.82, 2.24) is 4.90 Å². The Kier molecular flexibility index (Phi) is 5.49. The Balaban J connectivity index is 2.02. The van der Waals surface area contributed by atoms with Gasteiger partial charge in [0.1, 0.15) is 5.75 Å². The van der Waals surface area contributed by atoms with Crippen LogP contribution in [0.5, 0.6) is 5.75 Å². The lowest BCUT2D eigenvalue weighted by Gasteiger charge is -2.37. The zero-order chi connectivity index (χ0) is 17.0. The highest BCUT2D eigenvalue weighted by Crippen LogP contribution is 2.23. The first-order valence-corrected chi connectivity index (χ1v) is 7.73. The summed E-state index contributed by atoms with van der Waals surface area (Å²) in [6.07, 6.45) is -0.612. The van der Waals surface area contributed by atoms with Crippen LogP contribution in [-0.2, 0) is 14.3 Å². The van der Waals surface area contributed by atoms with Gasteiger partial charge in [0.25, 0.3) is 5.91 Å². The fourth-order valence-electron chi connectivity index (χ4n) is 2.44. The smallest absolute Gasteiger partial charge is 0.306 e. The Morgan fingerprint density at radius 3 is 2.65 bits per heavy atom. The predicted molar refractivity (Wildman–Crippen MR) is 84.7 cm³/mol. The number of carbonyl (C=O) groups is 2. The normalized spacial score (nSPS) is 18.6. The van der Waals surface area contributed by atoms with Gasteiger partial charge in [-0.05, 0) is 38.1 Å². The second kappa shape index (κ2) is 7.19. The molecular formula is C16H20ClNO5. The van der Waals surface area contributed by atoms with E-state index in [-0.39, 0.29) is 18.9 Å². The average Bonchev–Trinajstić information content (AvgIpc) is 2.48. The summed E-state index contributed by atoms with van der Waals surface area (Å²) in [4.78, 5) is 25.1. The molecule has 23 heavy (non-hydrogen) atoms. The van der Waals surface area contributed by atoms with Crippen LogP contribution in [0.2, 0.25) is 5.02 Å². The van der Waals surface area contributed by atoms with Crippen LogP contribution in [0, 0.1) is 0 Å². The SMILES string of the molecule is CC(C)(Oc1ccc(Cl)cc1)C(=O)N1CCOC(CC(=O)O)C1. The molecule has 1 aromatic rings. The number of benzene rings is 1. The molecule has 0 saturated carbocycles. The van der Waals surface area contributed by atoms with E-state index in [9.17, 15) is 9.59 Å². The highest BCUT2D eigenvalue weighted by molar-refractivity contribution is 6.30. The third kappa shape index (κ3) is 4.84. The molecule has 1 aliphatic heterocycles. The predicted octanol–water partition coefficient (Wildman–Crippen LogP) is 2.20. The molecule has 1 heterocycles. The third-order valence-corrected chi connectivity index (χ3v) is 3.78. The Bertz CT molecular complexity index is 572. The van der Waals surface area contributed by atoms with Gasteiger partial charge in [0.05, 0.1) is 19.1 Å². The van der Waals surface area contributed by atoms with Crippen LogP contribution in [0.3, 0.4) is 0 Å². The molecule has 2 rings (SSSR count). The summed E-state index contributed by atoms with van der Waals surface area (Å²) in [5.41, 5.74) is -1.07. The molecule has 0 bridgehead atoms. The first-order chi connectivity index (χ1) is 10.8. The molecular weight excluding hydrogens is 322 g/mol. The highest BCUT2D eigenvalue weighted by Gasteiger charge is 2.37. The van der Waals surface area contributed by atoms with E-state index in [1.807, 2.05) is 0 Å². The van der Waals surface area contributed by atoms with E-state index in [0.29, 0.717) is 23.9 Å². The van der Waals surface area contributed by atoms with Crippen LogP contribution in [0.15, 0.2) is 24.3 Å². The Morgan fingerprint density at radius 1 is 1.39 bits per heavy atom. The van der Waals surface area contributed by atoms with Gasteiger partial charge in [-0.15, -0.1) is 0 Å². The maximum atomic E-state index is 12.7. The summed E-state index contributed by atoms with van der Waals surface area (Å²) in [5.74, 6) is -0.602. The molecule has 1 N–H and O–H groups in total. The number of hydrogen-bond donors (Lipinski definition) is 1. The summed E-state index contributed by atoms with van der Waals surface area (Å²) in [6, 6.07) is 6.78. The van der Waals surface area contributed by atoms with Crippen molar-refractivity contribution in [3.63, 3.8) is 0 Å². The molecule has 1 amide bonds. The number of aliphatic carboxylic acids is 1. The van der Waals surface area contributed by atoms with Gasteiger partial charge in [0.2, 0.25) is 0 Å². The number of hydrogen-bond acceptors (Lipinski definition) is 4. The molecule has 1 saturated heterocycles. The lowest BCUT2D eigenvalue weighted by Crippen LogP contribution is -2.54. The number of ether oxygens (including phenoxy) is 2. The third-order valence-electron chi connectivity index (χ3n) is 3.53. The molecule has 1 fully saturated rings. The molecule has 126 valence electrons. The quantitative estimate of drug-likeness (QED) is 0.888. The number of amides is 1. The van der Waals surface area contributed by atoms with Crippen LogP contribution >= 0.6 is 11.6 Å². The second-order valence-electron chi connectivity index (χ2n) is 5.91. The van der Waals surface area contributed by atoms with Gasteiger partial charge in [-0.3, -0.25) is 9.59 Å². The molecule has 1 aliphatic rings. The van der Waals surface area contributed by atoms with Gasteiger partial charge in [-0.25, -0.2) is 0 Å². The van der Waals surface area contributed by atoms with E-state index in [4.69, 9.17) is 26.2 Å². The Hall–Kier alpha value is -1.79. The van der Waals surface area contributed by atoms with E-state index >= 15 is 0 Å². The van der Waals surface area contributed by atoms with Crippen LogP contribution in [0.4, 0.5) is 0 Å². The number of nitrogens with zero attached hydrogens (tertiary/aromatic N) is 1. The van der Waals surface area contributed by atoms with E-state index < -0.39 is 17.7 Å². The van der Waals surface area contributed by atoms with Crippen LogP contribution < -0.4 is 4.74 Å². The van der Waals surface area contributed by atoms with Gasteiger partial charge >= 0.3 is 5.97 Å². The summed E-state index contributed by atoms with van der Waals surface area (Å²) < 4.78 is 11.2. The zero-order valence-electron chi connectivity index (χ0n) is 13.1. The number of morpholine rings is 1. The lowest BCUT2D eigenvalue weighted by atomic mass is 10.1. The van der Waals surface area contributed by atoms with Crippen molar-refractivity contribution < 1.29 is 24.2 Å². The molecule has 0 spiro atoms. The largest absolute Gasteiger partial charge is 0.481 e. The van der Waals surface area contributed by atoms with Crippen molar-refractivity contribution in [2.45, 2.75) is 32.0 Å². The zero-order valence-corrected chi connectivity index (χ0v) is 13.9. The summed E-state index contributed by atoms with van der Waals surface area (Å²) in [7, 11) is 0.